The van der Waals surface area contributed by atoms with Crippen LogP contribution in [0.1, 0.15) is 48.7 Å². The predicted molar refractivity (Wildman–Crippen MR) is 112 cm³/mol. The van der Waals surface area contributed by atoms with E-state index in [-0.39, 0.29) is 11.3 Å². The number of aromatic nitrogens is 3. The van der Waals surface area contributed by atoms with E-state index in [0.717, 1.165) is 64.9 Å². The number of carbonyl (C=O) groups excluding carboxylic acids is 1. The van der Waals surface area contributed by atoms with Crippen molar-refractivity contribution < 1.29 is 4.79 Å². The van der Waals surface area contributed by atoms with Gasteiger partial charge in [-0.25, -0.2) is 4.98 Å². The molecular formula is C23H28N4O. The highest BCUT2D eigenvalue weighted by Crippen LogP contribution is 2.33. The Morgan fingerprint density at radius 1 is 1.21 bits per heavy atom. The Hall–Kier alpha value is -2.69. The molecule has 0 unspecified atom stereocenters. The Morgan fingerprint density at radius 2 is 2.00 bits per heavy atom. The number of hydrogen-bond donors (Lipinski definition) is 0. The van der Waals surface area contributed by atoms with Crippen molar-refractivity contribution in [3.8, 4) is 11.3 Å². The number of nitrogens with zero attached hydrogens (tertiary/aromatic N) is 4. The Morgan fingerprint density at radius 3 is 2.64 bits per heavy atom. The zero-order chi connectivity index (χ0) is 20.1. The first-order chi connectivity index (χ1) is 13.3. The van der Waals surface area contributed by atoms with Gasteiger partial charge >= 0.3 is 0 Å². The molecule has 1 aliphatic heterocycles. The molecule has 0 saturated carbocycles. The molecule has 5 nitrogen and oxygen atoms in total. The van der Waals surface area contributed by atoms with E-state index in [4.69, 9.17) is 4.98 Å². The van der Waals surface area contributed by atoms with Gasteiger partial charge in [0.2, 0.25) is 0 Å². The first-order valence-electron chi connectivity index (χ1n) is 10.0. The summed E-state index contributed by atoms with van der Waals surface area (Å²) in [6.45, 7) is 13.1. The van der Waals surface area contributed by atoms with Crippen molar-refractivity contribution in [2.75, 3.05) is 13.1 Å². The number of hydrogen-bond acceptors (Lipinski definition) is 3. The van der Waals surface area contributed by atoms with Crippen molar-refractivity contribution >= 4 is 16.8 Å². The summed E-state index contributed by atoms with van der Waals surface area (Å²) in [5.41, 5.74) is 5.81. The lowest BCUT2D eigenvalue weighted by Gasteiger charge is -2.21. The maximum absolute atomic E-state index is 13.5. The molecule has 5 heteroatoms. The maximum Gasteiger partial charge on any atom is 0.254 e. The second kappa shape index (κ2) is 6.73. The minimum atomic E-state index is 0.104. The van der Waals surface area contributed by atoms with Gasteiger partial charge in [-0.1, -0.05) is 25.5 Å². The van der Waals surface area contributed by atoms with Gasteiger partial charge in [0.15, 0.2) is 0 Å². The summed E-state index contributed by atoms with van der Waals surface area (Å²) >= 11 is 0. The van der Waals surface area contributed by atoms with Crippen LogP contribution in [0, 0.1) is 19.3 Å². The standard InChI is InChI=1S/C23H28N4O/c1-6-27-13-17(12-24-27)20-11-19(22(28)26-8-7-23(4,5)14-26)18-10-15(2)9-16(3)21(18)25-20/h9-13H,6-8,14H2,1-5H3. The van der Waals surface area contributed by atoms with Crippen molar-refractivity contribution in [1.82, 2.24) is 19.7 Å². The minimum Gasteiger partial charge on any atom is -0.338 e. The molecule has 1 aliphatic rings. The van der Waals surface area contributed by atoms with Gasteiger partial charge in [0, 0.05) is 36.8 Å². The fourth-order valence-electron chi connectivity index (χ4n) is 4.13. The van der Waals surface area contributed by atoms with Crippen LogP contribution in [-0.4, -0.2) is 38.7 Å². The van der Waals surface area contributed by atoms with Gasteiger partial charge in [0.1, 0.15) is 0 Å². The second-order valence-corrected chi connectivity index (χ2v) is 8.76. The maximum atomic E-state index is 13.5. The van der Waals surface area contributed by atoms with Gasteiger partial charge in [0.25, 0.3) is 5.91 Å². The van der Waals surface area contributed by atoms with Crippen molar-refractivity contribution in [3.05, 3.63) is 47.3 Å². The zero-order valence-corrected chi connectivity index (χ0v) is 17.4. The van der Waals surface area contributed by atoms with E-state index in [1.54, 1.807) is 0 Å². The van der Waals surface area contributed by atoms with Crippen LogP contribution in [0.25, 0.3) is 22.2 Å². The first kappa shape index (κ1) is 18.7. The van der Waals surface area contributed by atoms with Crippen LogP contribution in [0.5, 0.6) is 0 Å². The Bertz CT molecular complexity index is 1060. The quantitative estimate of drug-likeness (QED) is 0.671. The van der Waals surface area contributed by atoms with Crippen LogP contribution in [0.3, 0.4) is 0 Å². The average Bonchev–Trinajstić information content (AvgIpc) is 3.26. The van der Waals surface area contributed by atoms with E-state index in [9.17, 15) is 4.79 Å². The number of rotatable bonds is 3. The summed E-state index contributed by atoms with van der Waals surface area (Å²) in [4.78, 5) is 20.4. The molecule has 0 radical (unpaired) electrons. The second-order valence-electron chi connectivity index (χ2n) is 8.76. The lowest BCUT2D eigenvalue weighted by molar-refractivity contribution is 0.0780. The van der Waals surface area contributed by atoms with Gasteiger partial charge in [-0.2, -0.15) is 5.10 Å². The van der Waals surface area contributed by atoms with E-state index in [0.29, 0.717) is 0 Å². The third kappa shape index (κ3) is 3.30. The van der Waals surface area contributed by atoms with Crippen LogP contribution >= 0.6 is 0 Å². The van der Waals surface area contributed by atoms with E-state index in [2.05, 4.69) is 51.9 Å². The Labute approximate surface area is 166 Å². The van der Waals surface area contributed by atoms with Gasteiger partial charge in [-0.15, -0.1) is 0 Å². The molecule has 0 bridgehead atoms. The normalized spacial score (nSPS) is 16.1. The van der Waals surface area contributed by atoms with Gasteiger partial charge < -0.3 is 4.90 Å². The van der Waals surface area contributed by atoms with Crippen molar-refractivity contribution in [3.63, 3.8) is 0 Å². The van der Waals surface area contributed by atoms with Crippen LogP contribution in [-0.2, 0) is 6.54 Å². The molecule has 3 heterocycles. The molecule has 0 aliphatic carbocycles. The largest absolute Gasteiger partial charge is 0.338 e. The van der Waals surface area contributed by atoms with Crippen molar-refractivity contribution in [1.29, 1.82) is 0 Å². The summed E-state index contributed by atoms with van der Waals surface area (Å²) in [6, 6.07) is 6.16. The SMILES string of the molecule is CCn1cc(-c2cc(C(=O)N3CCC(C)(C)C3)c3cc(C)cc(C)c3n2)cn1. The fourth-order valence-corrected chi connectivity index (χ4v) is 4.13. The lowest BCUT2D eigenvalue weighted by atomic mass is 9.93. The smallest absolute Gasteiger partial charge is 0.254 e. The monoisotopic (exact) mass is 376 g/mol. The van der Waals surface area contributed by atoms with E-state index in [1.165, 1.54) is 0 Å². The average molecular weight is 377 g/mol. The number of amides is 1. The number of aryl methyl sites for hydroxylation is 3. The summed E-state index contributed by atoms with van der Waals surface area (Å²) < 4.78 is 1.88. The van der Waals surface area contributed by atoms with Crippen LogP contribution < -0.4 is 0 Å². The molecule has 1 amide bonds. The van der Waals surface area contributed by atoms with Crippen LogP contribution in [0.4, 0.5) is 0 Å². The Kier molecular flexibility index (Phi) is 4.48. The van der Waals surface area contributed by atoms with Crippen LogP contribution in [0.2, 0.25) is 0 Å². The molecule has 0 N–H and O–H groups in total. The zero-order valence-electron chi connectivity index (χ0n) is 17.4. The molecule has 1 fully saturated rings. The highest BCUT2D eigenvalue weighted by atomic mass is 16.2. The van der Waals surface area contributed by atoms with E-state index < -0.39 is 0 Å². The molecular weight excluding hydrogens is 348 g/mol. The highest BCUT2D eigenvalue weighted by molar-refractivity contribution is 6.08. The minimum absolute atomic E-state index is 0.104. The summed E-state index contributed by atoms with van der Waals surface area (Å²) in [7, 11) is 0. The van der Waals surface area contributed by atoms with Crippen molar-refractivity contribution in [2.24, 2.45) is 5.41 Å². The molecule has 4 rings (SSSR count). The molecule has 3 aromatic rings. The number of likely N-dealkylation sites (tertiary alicyclic amines) is 1. The number of fused-ring (bicyclic) bond motifs is 1. The van der Waals surface area contributed by atoms with Gasteiger partial charge in [-0.3, -0.25) is 9.48 Å². The fraction of sp³-hybridized carbons (Fsp3) is 0.435. The van der Waals surface area contributed by atoms with Crippen molar-refractivity contribution in [2.45, 2.75) is 47.6 Å². The van der Waals surface area contributed by atoms with Gasteiger partial charge in [0.05, 0.1) is 23.0 Å². The summed E-state index contributed by atoms with van der Waals surface area (Å²) in [5.74, 6) is 0.104. The third-order valence-electron chi connectivity index (χ3n) is 5.70. The number of carbonyl (C=O) groups is 1. The lowest BCUT2D eigenvalue weighted by Crippen LogP contribution is -2.30. The first-order valence-corrected chi connectivity index (χ1v) is 10.0. The van der Waals surface area contributed by atoms with E-state index in [1.807, 2.05) is 28.0 Å². The number of pyridine rings is 1. The highest BCUT2D eigenvalue weighted by Gasteiger charge is 2.33. The molecule has 1 aromatic carbocycles. The Balaban J connectivity index is 1.88. The number of benzene rings is 1. The third-order valence-corrected chi connectivity index (χ3v) is 5.70. The molecule has 28 heavy (non-hydrogen) atoms. The van der Waals surface area contributed by atoms with Crippen LogP contribution in [0.15, 0.2) is 30.6 Å². The molecule has 0 spiro atoms. The predicted octanol–water partition coefficient (Wildman–Crippen LogP) is 4.61. The van der Waals surface area contributed by atoms with Gasteiger partial charge in [-0.05, 0) is 50.3 Å². The summed E-state index contributed by atoms with van der Waals surface area (Å²) in [5, 5.41) is 5.32. The topological polar surface area (TPSA) is 51.0 Å². The molecule has 0 atom stereocenters. The molecule has 2 aromatic heterocycles. The molecule has 146 valence electrons. The molecule has 1 saturated heterocycles. The summed E-state index contributed by atoms with van der Waals surface area (Å²) in [6.07, 6.45) is 4.86. The van der Waals surface area contributed by atoms with E-state index >= 15 is 0 Å².